The summed E-state index contributed by atoms with van der Waals surface area (Å²) in [6, 6.07) is 4.60. The Balaban J connectivity index is 2.57. The molecule has 0 spiro atoms. The molecule has 1 aromatic carbocycles. The minimum absolute atomic E-state index is 0.589. The highest BCUT2D eigenvalue weighted by molar-refractivity contribution is 5.80. The van der Waals surface area contributed by atoms with Crippen LogP contribution in [0.4, 0.5) is 0 Å². The fourth-order valence-electron chi connectivity index (χ4n) is 2.37. The Kier molecular flexibility index (Phi) is 3.51. The van der Waals surface area contributed by atoms with Gasteiger partial charge in [0.15, 0.2) is 0 Å². The molecule has 0 aliphatic carbocycles. The van der Waals surface area contributed by atoms with Gasteiger partial charge in [0.2, 0.25) is 0 Å². The number of fused-ring (bicyclic) bond motifs is 1. The molecule has 2 heteroatoms. The summed E-state index contributed by atoms with van der Waals surface area (Å²) in [5, 5.41) is 5.86. The molecule has 1 heterocycles. The highest BCUT2D eigenvalue weighted by atomic mass is 15.3. The number of aromatic nitrogens is 2. The van der Waals surface area contributed by atoms with E-state index in [4.69, 9.17) is 0 Å². The van der Waals surface area contributed by atoms with Crippen molar-refractivity contribution in [2.45, 2.75) is 53.0 Å². The fraction of sp³-hybridized carbons (Fsp3) is 0.533. The highest BCUT2D eigenvalue weighted by Crippen LogP contribution is 2.26. The van der Waals surface area contributed by atoms with Crippen LogP contribution in [0.2, 0.25) is 0 Å². The van der Waals surface area contributed by atoms with Crippen LogP contribution >= 0.6 is 0 Å². The quantitative estimate of drug-likeness (QED) is 0.772. The molecular formula is C15H22N2. The van der Waals surface area contributed by atoms with Crippen LogP contribution in [-0.4, -0.2) is 9.78 Å². The molecule has 0 unspecified atom stereocenters. The van der Waals surface area contributed by atoms with Gasteiger partial charge in [-0.2, -0.15) is 5.10 Å². The molecule has 0 saturated heterocycles. The summed E-state index contributed by atoms with van der Waals surface area (Å²) >= 11 is 0. The summed E-state index contributed by atoms with van der Waals surface area (Å²) in [5.41, 5.74) is 4.09. The first-order valence-corrected chi connectivity index (χ1v) is 6.65. The average molecular weight is 230 g/mol. The van der Waals surface area contributed by atoms with E-state index in [1.165, 1.54) is 22.9 Å². The molecule has 17 heavy (non-hydrogen) atoms. The highest BCUT2D eigenvalue weighted by Gasteiger charge is 2.10. The van der Waals surface area contributed by atoms with Crippen molar-refractivity contribution < 1.29 is 0 Å². The van der Waals surface area contributed by atoms with Crippen LogP contribution in [0, 0.1) is 0 Å². The van der Waals surface area contributed by atoms with Crippen molar-refractivity contribution in [3.8, 4) is 0 Å². The van der Waals surface area contributed by atoms with E-state index < -0.39 is 0 Å². The molecule has 0 fully saturated rings. The summed E-state index contributed by atoms with van der Waals surface area (Å²) in [5.74, 6) is 0.589. The van der Waals surface area contributed by atoms with E-state index in [0.29, 0.717) is 5.92 Å². The molecule has 2 aromatic rings. The zero-order valence-electron chi connectivity index (χ0n) is 11.3. The maximum absolute atomic E-state index is 4.59. The Hall–Kier alpha value is -1.31. The Bertz CT molecular complexity index is 509. The first-order valence-electron chi connectivity index (χ1n) is 6.65. The van der Waals surface area contributed by atoms with E-state index in [1.807, 2.05) is 4.68 Å². The van der Waals surface area contributed by atoms with Gasteiger partial charge in [-0.05, 0) is 42.5 Å². The molecule has 0 bridgehead atoms. The largest absolute Gasteiger partial charge is 0.272 e. The van der Waals surface area contributed by atoms with Gasteiger partial charge in [-0.25, -0.2) is 0 Å². The number of benzene rings is 1. The summed E-state index contributed by atoms with van der Waals surface area (Å²) in [4.78, 5) is 0. The van der Waals surface area contributed by atoms with Crippen molar-refractivity contribution >= 4 is 10.9 Å². The van der Waals surface area contributed by atoms with Gasteiger partial charge >= 0.3 is 0 Å². The lowest BCUT2D eigenvalue weighted by molar-refractivity contribution is 0.668. The Morgan fingerprint density at radius 3 is 2.59 bits per heavy atom. The van der Waals surface area contributed by atoms with Gasteiger partial charge in [-0.1, -0.05) is 27.2 Å². The minimum atomic E-state index is 0.589. The van der Waals surface area contributed by atoms with Gasteiger partial charge in [0.25, 0.3) is 0 Å². The average Bonchev–Trinajstić information content (AvgIpc) is 2.70. The van der Waals surface area contributed by atoms with E-state index in [2.05, 4.69) is 51.1 Å². The second-order valence-electron chi connectivity index (χ2n) is 5.00. The second-order valence-corrected chi connectivity index (χ2v) is 5.00. The predicted octanol–water partition coefficient (Wildman–Crippen LogP) is 4.13. The molecule has 0 saturated carbocycles. The molecular weight excluding hydrogens is 208 g/mol. The van der Waals surface area contributed by atoms with Crippen molar-refractivity contribution in [2.24, 2.45) is 0 Å². The molecule has 2 nitrogen and oxygen atoms in total. The third-order valence-corrected chi connectivity index (χ3v) is 3.28. The van der Waals surface area contributed by atoms with Crippen LogP contribution in [0.5, 0.6) is 0 Å². The molecule has 2 rings (SSSR count). The van der Waals surface area contributed by atoms with Crippen molar-refractivity contribution in [3.63, 3.8) is 0 Å². The number of hydrogen-bond acceptors (Lipinski definition) is 1. The Morgan fingerprint density at radius 2 is 2.00 bits per heavy atom. The van der Waals surface area contributed by atoms with Crippen LogP contribution in [0.15, 0.2) is 18.3 Å². The Morgan fingerprint density at radius 1 is 1.24 bits per heavy atom. The second kappa shape index (κ2) is 4.91. The first-order chi connectivity index (χ1) is 8.15. The number of aryl methyl sites for hydroxylation is 2. The van der Waals surface area contributed by atoms with E-state index in [9.17, 15) is 0 Å². The van der Waals surface area contributed by atoms with Crippen molar-refractivity contribution in [1.82, 2.24) is 9.78 Å². The molecule has 0 aliphatic heterocycles. The SMILES string of the molecule is CCCc1cc2nn(CC)cc2cc1C(C)C. The monoisotopic (exact) mass is 230 g/mol. The summed E-state index contributed by atoms with van der Waals surface area (Å²) < 4.78 is 2.02. The lowest BCUT2D eigenvalue weighted by atomic mass is 9.93. The zero-order valence-corrected chi connectivity index (χ0v) is 11.3. The normalized spacial score (nSPS) is 11.6. The van der Waals surface area contributed by atoms with Crippen LogP contribution < -0.4 is 0 Å². The van der Waals surface area contributed by atoms with E-state index in [1.54, 1.807) is 0 Å². The van der Waals surface area contributed by atoms with Crippen molar-refractivity contribution in [2.75, 3.05) is 0 Å². The standard InChI is InChI=1S/C15H22N2/c1-5-7-12-9-15-13(8-14(12)11(3)4)10-17(6-2)16-15/h8-11H,5-7H2,1-4H3. The van der Waals surface area contributed by atoms with Crippen LogP contribution in [0.3, 0.4) is 0 Å². The van der Waals surface area contributed by atoms with Crippen LogP contribution in [0.1, 0.15) is 51.2 Å². The van der Waals surface area contributed by atoms with E-state index in [-0.39, 0.29) is 0 Å². The number of rotatable bonds is 4. The lowest BCUT2D eigenvalue weighted by Crippen LogP contribution is -1.96. The third kappa shape index (κ3) is 2.36. The molecule has 1 aromatic heterocycles. The summed E-state index contributed by atoms with van der Waals surface area (Å²) in [6.07, 6.45) is 4.50. The van der Waals surface area contributed by atoms with Gasteiger partial charge in [0, 0.05) is 18.1 Å². The summed E-state index contributed by atoms with van der Waals surface area (Å²) in [6.45, 7) is 9.84. The van der Waals surface area contributed by atoms with Gasteiger partial charge in [0.1, 0.15) is 0 Å². The maximum Gasteiger partial charge on any atom is 0.0926 e. The third-order valence-electron chi connectivity index (χ3n) is 3.28. The molecule has 0 radical (unpaired) electrons. The topological polar surface area (TPSA) is 17.8 Å². The van der Waals surface area contributed by atoms with Gasteiger partial charge in [0.05, 0.1) is 5.52 Å². The Labute approximate surface area is 104 Å². The van der Waals surface area contributed by atoms with Crippen LogP contribution in [0.25, 0.3) is 10.9 Å². The van der Waals surface area contributed by atoms with Crippen molar-refractivity contribution in [1.29, 1.82) is 0 Å². The molecule has 0 N–H and O–H groups in total. The maximum atomic E-state index is 4.59. The van der Waals surface area contributed by atoms with Crippen molar-refractivity contribution in [3.05, 3.63) is 29.5 Å². The smallest absolute Gasteiger partial charge is 0.0926 e. The molecule has 92 valence electrons. The van der Waals surface area contributed by atoms with Gasteiger partial charge in [-0.3, -0.25) is 4.68 Å². The fourth-order valence-corrected chi connectivity index (χ4v) is 2.37. The minimum Gasteiger partial charge on any atom is -0.272 e. The molecule has 0 aliphatic rings. The predicted molar refractivity (Wildman–Crippen MR) is 73.5 cm³/mol. The summed E-state index contributed by atoms with van der Waals surface area (Å²) in [7, 11) is 0. The van der Waals surface area contributed by atoms with E-state index >= 15 is 0 Å². The zero-order chi connectivity index (χ0) is 12.4. The first kappa shape index (κ1) is 12.2. The number of hydrogen-bond donors (Lipinski definition) is 0. The molecule has 0 atom stereocenters. The lowest BCUT2D eigenvalue weighted by Gasteiger charge is -2.12. The van der Waals surface area contributed by atoms with Gasteiger partial charge < -0.3 is 0 Å². The van der Waals surface area contributed by atoms with Gasteiger partial charge in [-0.15, -0.1) is 0 Å². The van der Waals surface area contributed by atoms with E-state index in [0.717, 1.165) is 18.5 Å². The number of nitrogens with zero attached hydrogens (tertiary/aromatic N) is 2. The molecule has 0 amide bonds. The van der Waals surface area contributed by atoms with Crippen LogP contribution in [-0.2, 0) is 13.0 Å².